The van der Waals surface area contributed by atoms with Crippen molar-refractivity contribution in [2.75, 3.05) is 52.5 Å². The van der Waals surface area contributed by atoms with Gasteiger partial charge in [0.05, 0.1) is 29.0 Å². The van der Waals surface area contributed by atoms with Crippen LogP contribution in [-0.4, -0.2) is 71.8 Å². The molecule has 0 radical (unpaired) electrons. The average molecular weight is 414 g/mol. The van der Waals surface area contributed by atoms with E-state index >= 15 is 0 Å². The van der Waals surface area contributed by atoms with Crippen molar-refractivity contribution in [1.82, 2.24) is 14.5 Å². The van der Waals surface area contributed by atoms with Crippen molar-refractivity contribution in [1.29, 1.82) is 0 Å². The molecule has 2 atom stereocenters. The van der Waals surface area contributed by atoms with Crippen LogP contribution in [0, 0.1) is 12.8 Å². The molecule has 8 heteroatoms. The first-order valence-electron chi connectivity index (χ1n) is 9.56. The van der Waals surface area contributed by atoms with Crippen molar-refractivity contribution < 1.29 is 13.7 Å². The summed E-state index contributed by atoms with van der Waals surface area (Å²) in [5.41, 5.74) is 0.915. The van der Waals surface area contributed by atoms with Crippen LogP contribution >= 0.6 is 11.6 Å². The molecule has 2 aliphatic heterocycles. The molecule has 3 rings (SSSR count). The van der Waals surface area contributed by atoms with Gasteiger partial charge in [0, 0.05) is 39.3 Å². The summed E-state index contributed by atoms with van der Waals surface area (Å²) in [4.78, 5) is 15.5. The summed E-state index contributed by atoms with van der Waals surface area (Å²) in [5.74, 6) is -0.0731. The van der Waals surface area contributed by atoms with E-state index in [4.69, 9.17) is 16.3 Å². The normalized spacial score (nSPS) is 23.1. The highest BCUT2D eigenvalue weighted by molar-refractivity contribution is 7.82. The lowest BCUT2D eigenvalue weighted by Crippen LogP contribution is -2.46. The van der Waals surface area contributed by atoms with E-state index in [0.717, 1.165) is 57.8 Å². The molecule has 2 aliphatic rings. The zero-order valence-electron chi connectivity index (χ0n) is 15.8. The monoisotopic (exact) mass is 413 g/mol. The van der Waals surface area contributed by atoms with Gasteiger partial charge in [-0.2, -0.15) is 0 Å². The Labute approximate surface area is 168 Å². The van der Waals surface area contributed by atoms with Crippen molar-refractivity contribution in [3.05, 3.63) is 28.8 Å². The molecule has 27 heavy (non-hydrogen) atoms. The minimum absolute atomic E-state index is 0.0563. The molecule has 0 aromatic heterocycles. The van der Waals surface area contributed by atoms with Crippen LogP contribution in [-0.2, 0) is 20.5 Å². The van der Waals surface area contributed by atoms with Crippen LogP contribution in [0.1, 0.15) is 18.4 Å². The van der Waals surface area contributed by atoms with E-state index in [9.17, 15) is 9.00 Å². The van der Waals surface area contributed by atoms with Crippen molar-refractivity contribution in [2.24, 2.45) is 5.92 Å². The molecule has 2 unspecified atom stereocenters. The minimum Gasteiger partial charge on any atom is -0.379 e. The molecule has 2 saturated heterocycles. The standard InChI is InChI=1S/C19H28ClN3O3S/c1-15-4-2-6-17(20)18(15)27(25)23-8-3-5-16(14-23)19(24)21-7-9-22-10-12-26-13-11-22/h2,4,6,16H,3,5,7-14H2,1H3,(H,21,24). The third-order valence-corrected chi connectivity index (χ3v) is 7.28. The van der Waals surface area contributed by atoms with E-state index in [1.54, 1.807) is 6.07 Å². The predicted molar refractivity (Wildman–Crippen MR) is 107 cm³/mol. The molecule has 150 valence electrons. The van der Waals surface area contributed by atoms with Gasteiger partial charge in [0.1, 0.15) is 11.0 Å². The lowest BCUT2D eigenvalue weighted by molar-refractivity contribution is -0.126. The van der Waals surface area contributed by atoms with Crippen LogP contribution in [0.25, 0.3) is 0 Å². The maximum Gasteiger partial charge on any atom is 0.224 e. The first-order valence-corrected chi connectivity index (χ1v) is 11.0. The number of ether oxygens (including phenoxy) is 1. The molecular formula is C19H28ClN3O3S. The summed E-state index contributed by atoms with van der Waals surface area (Å²) in [6.07, 6.45) is 1.69. The van der Waals surface area contributed by atoms with Crippen LogP contribution in [0.2, 0.25) is 5.02 Å². The number of rotatable bonds is 6. The van der Waals surface area contributed by atoms with Gasteiger partial charge >= 0.3 is 0 Å². The molecule has 0 bridgehead atoms. The number of amides is 1. The molecule has 1 amide bonds. The number of benzene rings is 1. The predicted octanol–water partition coefficient (Wildman–Crippen LogP) is 1.83. The van der Waals surface area contributed by atoms with Crippen LogP contribution in [0.3, 0.4) is 0 Å². The Balaban J connectivity index is 1.52. The van der Waals surface area contributed by atoms with E-state index in [2.05, 4.69) is 10.2 Å². The van der Waals surface area contributed by atoms with Gasteiger partial charge in [-0.25, -0.2) is 8.51 Å². The zero-order chi connectivity index (χ0) is 19.2. The molecule has 6 nitrogen and oxygen atoms in total. The molecular weight excluding hydrogens is 386 g/mol. The number of hydrogen-bond acceptors (Lipinski definition) is 4. The SMILES string of the molecule is Cc1cccc(Cl)c1S(=O)N1CCCC(C(=O)NCCN2CCOCC2)C1. The Kier molecular flexibility index (Phi) is 7.66. The molecule has 1 N–H and O–H groups in total. The van der Waals surface area contributed by atoms with Crippen LogP contribution in [0.5, 0.6) is 0 Å². The largest absolute Gasteiger partial charge is 0.379 e. The molecule has 1 aromatic rings. The number of halogens is 1. The molecule has 2 heterocycles. The van der Waals surface area contributed by atoms with Crippen molar-refractivity contribution in [3.8, 4) is 0 Å². The van der Waals surface area contributed by atoms with Gasteiger partial charge in [-0.3, -0.25) is 9.69 Å². The van der Waals surface area contributed by atoms with Gasteiger partial charge in [0.25, 0.3) is 0 Å². The Bertz CT molecular complexity index is 662. The summed E-state index contributed by atoms with van der Waals surface area (Å²) in [6, 6.07) is 5.54. The van der Waals surface area contributed by atoms with Gasteiger partial charge in [-0.1, -0.05) is 23.7 Å². The third-order valence-electron chi connectivity index (χ3n) is 5.16. The highest BCUT2D eigenvalue weighted by atomic mass is 35.5. The van der Waals surface area contributed by atoms with Gasteiger partial charge in [-0.05, 0) is 31.4 Å². The summed E-state index contributed by atoms with van der Waals surface area (Å²) < 4.78 is 20.2. The van der Waals surface area contributed by atoms with Gasteiger partial charge in [0.15, 0.2) is 0 Å². The quantitative estimate of drug-likeness (QED) is 0.772. The highest BCUT2D eigenvalue weighted by Gasteiger charge is 2.30. The molecule has 0 saturated carbocycles. The smallest absolute Gasteiger partial charge is 0.224 e. The Hall–Kier alpha value is -0.990. The van der Waals surface area contributed by atoms with Crippen LogP contribution in [0.15, 0.2) is 23.1 Å². The fourth-order valence-electron chi connectivity index (χ4n) is 3.58. The Morgan fingerprint density at radius 2 is 2.11 bits per heavy atom. The first kappa shape index (κ1) is 20.7. The number of morpholine rings is 1. The second-order valence-electron chi connectivity index (χ2n) is 7.11. The Morgan fingerprint density at radius 1 is 1.33 bits per heavy atom. The van der Waals surface area contributed by atoms with Crippen LogP contribution in [0.4, 0.5) is 0 Å². The fraction of sp³-hybridized carbons (Fsp3) is 0.632. The van der Waals surface area contributed by atoms with E-state index in [-0.39, 0.29) is 11.8 Å². The number of nitrogens with one attached hydrogen (secondary N) is 1. The lowest BCUT2D eigenvalue weighted by atomic mass is 9.99. The number of nitrogens with zero attached hydrogens (tertiary/aromatic N) is 2. The molecule has 2 fully saturated rings. The van der Waals surface area contributed by atoms with Gasteiger partial charge in [0.2, 0.25) is 5.91 Å². The summed E-state index contributed by atoms with van der Waals surface area (Å²) in [6.45, 7) is 7.98. The van der Waals surface area contributed by atoms with Gasteiger partial charge in [-0.15, -0.1) is 0 Å². The van der Waals surface area contributed by atoms with E-state index < -0.39 is 11.0 Å². The van der Waals surface area contributed by atoms with E-state index in [0.29, 0.717) is 23.0 Å². The van der Waals surface area contributed by atoms with E-state index in [1.165, 1.54) is 0 Å². The molecule has 0 aliphatic carbocycles. The average Bonchev–Trinajstić information content (AvgIpc) is 2.68. The maximum absolute atomic E-state index is 13.0. The van der Waals surface area contributed by atoms with Crippen molar-refractivity contribution >= 4 is 28.5 Å². The number of hydrogen-bond donors (Lipinski definition) is 1. The lowest BCUT2D eigenvalue weighted by Gasteiger charge is -2.31. The second kappa shape index (κ2) is 9.98. The number of piperidine rings is 1. The Morgan fingerprint density at radius 3 is 2.85 bits per heavy atom. The zero-order valence-corrected chi connectivity index (χ0v) is 17.4. The van der Waals surface area contributed by atoms with Gasteiger partial charge < -0.3 is 10.1 Å². The molecule has 0 spiro atoms. The maximum atomic E-state index is 13.0. The summed E-state index contributed by atoms with van der Waals surface area (Å²) in [5, 5.41) is 3.57. The highest BCUT2D eigenvalue weighted by Crippen LogP contribution is 2.28. The van der Waals surface area contributed by atoms with Crippen molar-refractivity contribution in [3.63, 3.8) is 0 Å². The summed E-state index contributed by atoms with van der Waals surface area (Å²) >= 11 is 6.27. The minimum atomic E-state index is -1.34. The fourth-order valence-corrected chi connectivity index (χ4v) is 5.45. The number of carbonyl (C=O) groups is 1. The second-order valence-corrected chi connectivity index (χ2v) is 8.94. The van der Waals surface area contributed by atoms with Crippen LogP contribution < -0.4 is 5.32 Å². The number of carbonyl (C=O) groups excluding carboxylic acids is 1. The van der Waals surface area contributed by atoms with E-state index in [1.807, 2.05) is 23.4 Å². The number of aryl methyl sites for hydroxylation is 1. The molecule has 1 aromatic carbocycles. The first-order chi connectivity index (χ1) is 13.1. The topological polar surface area (TPSA) is 61.9 Å². The summed E-state index contributed by atoms with van der Waals surface area (Å²) in [7, 11) is -1.34. The third kappa shape index (κ3) is 5.51. The van der Waals surface area contributed by atoms with Crippen molar-refractivity contribution in [2.45, 2.75) is 24.7 Å².